The predicted molar refractivity (Wildman–Crippen MR) is 50.0 cm³/mol. The fourth-order valence-electron chi connectivity index (χ4n) is 1.43. The van der Waals surface area contributed by atoms with Crippen molar-refractivity contribution >= 4 is 11.8 Å². The lowest BCUT2D eigenvalue weighted by Crippen LogP contribution is -2.14. The zero-order valence-corrected chi connectivity index (χ0v) is 7.74. The first kappa shape index (κ1) is 8.10. The van der Waals surface area contributed by atoms with E-state index in [4.69, 9.17) is 10.5 Å². The first-order valence-corrected chi connectivity index (χ1v) is 4.15. The molecule has 5 heteroatoms. The lowest BCUT2D eigenvalue weighted by Gasteiger charge is -2.14. The van der Waals surface area contributed by atoms with E-state index in [0.717, 1.165) is 17.8 Å². The van der Waals surface area contributed by atoms with E-state index in [0.29, 0.717) is 12.5 Å². The highest BCUT2D eigenvalue weighted by atomic mass is 16.5. The summed E-state index contributed by atoms with van der Waals surface area (Å²) >= 11 is 0. The highest BCUT2D eigenvalue weighted by Gasteiger charge is 2.20. The summed E-state index contributed by atoms with van der Waals surface area (Å²) in [5.41, 5.74) is 6.60. The lowest BCUT2D eigenvalue weighted by molar-refractivity contribution is 0.345. The molecule has 1 aliphatic rings. The molecule has 2 rings (SSSR count). The van der Waals surface area contributed by atoms with Crippen LogP contribution >= 0.6 is 0 Å². The van der Waals surface area contributed by atoms with Crippen molar-refractivity contribution < 1.29 is 4.74 Å². The third-order valence-electron chi connectivity index (χ3n) is 1.98. The average Bonchev–Trinajstić information content (AvgIpc) is 2.49. The molecule has 0 saturated carbocycles. The van der Waals surface area contributed by atoms with Crippen LogP contribution in [0.4, 0.5) is 11.8 Å². The van der Waals surface area contributed by atoms with Gasteiger partial charge in [0.15, 0.2) is 0 Å². The van der Waals surface area contributed by atoms with Crippen LogP contribution in [0.5, 0.6) is 5.88 Å². The number of aromatic nitrogens is 2. The highest BCUT2D eigenvalue weighted by Crippen LogP contribution is 2.30. The molecule has 2 heterocycles. The molecule has 0 bridgehead atoms. The van der Waals surface area contributed by atoms with E-state index >= 15 is 0 Å². The van der Waals surface area contributed by atoms with Gasteiger partial charge in [-0.3, -0.25) is 0 Å². The van der Waals surface area contributed by atoms with Crippen molar-refractivity contribution in [3.8, 4) is 5.88 Å². The Kier molecular flexibility index (Phi) is 1.72. The molecule has 0 atom stereocenters. The van der Waals surface area contributed by atoms with Crippen LogP contribution in [-0.2, 0) is 6.42 Å². The molecule has 0 fully saturated rings. The maximum Gasteiger partial charge on any atom is 0.225 e. The van der Waals surface area contributed by atoms with E-state index in [-0.39, 0.29) is 5.95 Å². The molecule has 13 heavy (non-hydrogen) atoms. The number of hydrogen-bond donors (Lipinski definition) is 1. The standard InChI is InChI=1S/C8H12N4O/c1-12(2)6-5-3-4-13-7(5)11-8(9)10-6/h3-4H2,1-2H3,(H2,9,10,11). The molecule has 0 spiro atoms. The SMILES string of the molecule is CN(C)c1nc(N)nc2c1CCO2. The van der Waals surface area contributed by atoms with Gasteiger partial charge in [0.1, 0.15) is 5.82 Å². The summed E-state index contributed by atoms with van der Waals surface area (Å²) in [7, 11) is 3.86. The van der Waals surface area contributed by atoms with Crippen LogP contribution in [0, 0.1) is 0 Å². The number of nitrogens with zero attached hydrogens (tertiary/aromatic N) is 3. The van der Waals surface area contributed by atoms with E-state index in [1.165, 1.54) is 0 Å². The summed E-state index contributed by atoms with van der Waals surface area (Å²) in [6.45, 7) is 0.675. The Labute approximate surface area is 76.5 Å². The van der Waals surface area contributed by atoms with E-state index in [9.17, 15) is 0 Å². The van der Waals surface area contributed by atoms with Crippen molar-refractivity contribution in [2.75, 3.05) is 31.3 Å². The Bertz CT molecular complexity index is 337. The van der Waals surface area contributed by atoms with Crippen molar-refractivity contribution in [3.63, 3.8) is 0 Å². The Hall–Kier alpha value is -1.52. The first-order chi connectivity index (χ1) is 6.18. The second kappa shape index (κ2) is 2.76. The molecule has 1 aliphatic heterocycles. The molecule has 2 N–H and O–H groups in total. The largest absolute Gasteiger partial charge is 0.477 e. The third-order valence-corrected chi connectivity index (χ3v) is 1.98. The lowest BCUT2D eigenvalue weighted by atomic mass is 10.2. The van der Waals surface area contributed by atoms with Gasteiger partial charge >= 0.3 is 0 Å². The van der Waals surface area contributed by atoms with Crippen molar-refractivity contribution in [1.82, 2.24) is 9.97 Å². The average molecular weight is 180 g/mol. The summed E-state index contributed by atoms with van der Waals surface area (Å²) < 4.78 is 5.31. The third kappa shape index (κ3) is 1.26. The fourth-order valence-corrected chi connectivity index (χ4v) is 1.43. The normalized spacial score (nSPS) is 13.7. The van der Waals surface area contributed by atoms with Crippen molar-refractivity contribution in [1.29, 1.82) is 0 Å². The summed E-state index contributed by atoms with van der Waals surface area (Å²) in [5.74, 6) is 1.76. The van der Waals surface area contributed by atoms with Crippen molar-refractivity contribution in [3.05, 3.63) is 5.56 Å². The summed E-state index contributed by atoms with van der Waals surface area (Å²) in [6, 6.07) is 0. The molecule has 0 saturated heterocycles. The molecule has 0 unspecified atom stereocenters. The summed E-state index contributed by atoms with van der Waals surface area (Å²) in [5, 5.41) is 0. The predicted octanol–water partition coefficient (Wildman–Crippen LogP) is 0.0597. The molecular weight excluding hydrogens is 168 g/mol. The van der Waals surface area contributed by atoms with Crippen LogP contribution in [-0.4, -0.2) is 30.7 Å². The Balaban J connectivity index is 2.55. The second-order valence-electron chi connectivity index (χ2n) is 3.18. The summed E-state index contributed by atoms with van der Waals surface area (Å²) in [6.07, 6.45) is 0.864. The zero-order chi connectivity index (χ0) is 9.42. The monoisotopic (exact) mass is 180 g/mol. The number of nitrogens with two attached hydrogens (primary N) is 1. The second-order valence-corrected chi connectivity index (χ2v) is 3.18. The van der Waals surface area contributed by atoms with E-state index in [1.54, 1.807) is 0 Å². The van der Waals surface area contributed by atoms with Crippen LogP contribution < -0.4 is 15.4 Å². The molecule has 1 aromatic rings. The molecule has 0 aromatic carbocycles. The quantitative estimate of drug-likeness (QED) is 0.662. The van der Waals surface area contributed by atoms with Gasteiger partial charge in [-0.25, -0.2) is 0 Å². The van der Waals surface area contributed by atoms with Crippen LogP contribution in [0.15, 0.2) is 0 Å². The minimum Gasteiger partial charge on any atom is -0.477 e. The number of fused-ring (bicyclic) bond motifs is 1. The number of rotatable bonds is 1. The van der Waals surface area contributed by atoms with Gasteiger partial charge in [-0.15, -0.1) is 0 Å². The van der Waals surface area contributed by atoms with Gasteiger partial charge in [-0.2, -0.15) is 9.97 Å². The minimum atomic E-state index is 0.268. The molecular formula is C8H12N4O. The maximum absolute atomic E-state index is 5.54. The number of hydrogen-bond acceptors (Lipinski definition) is 5. The van der Waals surface area contributed by atoms with Gasteiger partial charge in [-0.1, -0.05) is 0 Å². The minimum absolute atomic E-state index is 0.268. The maximum atomic E-state index is 5.54. The van der Waals surface area contributed by atoms with Crippen molar-refractivity contribution in [2.24, 2.45) is 0 Å². The molecule has 70 valence electrons. The number of ether oxygens (including phenoxy) is 1. The van der Waals surface area contributed by atoms with Gasteiger partial charge in [0, 0.05) is 20.5 Å². The van der Waals surface area contributed by atoms with Gasteiger partial charge < -0.3 is 15.4 Å². The van der Waals surface area contributed by atoms with Gasteiger partial charge in [-0.05, 0) is 0 Å². The zero-order valence-electron chi connectivity index (χ0n) is 7.74. The molecule has 0 amide bonds. The Morgan fingerprint density at radius 2 is 2.15 bits per heavy atom. The van der Waals surface area contributed by atoms with Crippen LogP contribution in [0.3, 0.4) is 0 Å². The molecule has 5 nitrogen and oxygen atoms in total. The fraction of sp³-hybridized carbons (Fsp3) is 0.500. The van der Waals surface area contributed by atoms with Crippen LogP contribution in [0.25, 0.3) is 0 Å². The topological polar surface area (TPSA) is 64.3 Å². The Morgan fingerprint density at radius 3 is 2.85 bits per heavy atom. The van der Waals surface area contributed by atoms with Gasteiger partial charge in [0.25, 0.3) is 0 Å². The summed E-state index contributed by atoms with van der Waals surface area (Å²) in [4.78, 5) is 10.1. The number of anilines is 2. The van der Waals surface area contributed by atoms with E-state index < -0.39 is 0 Å². The molecule has 0 aliphatic carbocycles. The van der Waals surface area contributed by atoms with E-state index in [2.05, 4.69) is 9.97 Å². The van der Waals surface area contributed by atoms with Crippen LogP contribution in [0.2, 0.25) is 0 Å². The van der Waals surface area contributed by atoms with Gasteiger partial charge in [0.2, 0.25) is 11.8 Å². The first-order valence-electron chi connectivity index (χ1n) is 4.15. The van der Waals surface area contributed by atoms with E-state index in [1.807, 2.05) is 19.0 Å². The highest BCUT2D eigenvalue weighted by molar-refractivity contribution is 5.54. The Morgan fingerprint density at radius 1 is 1.38 bits per heavy atom. The number of nitrogen functional groups attached to an aromatic ring is 1. The molecule has 1 aromatic heterocycles. The van der Waals surface area contributed by atoms with Gasteiger partial charge in [0.05, 0.1) is 12.2 Å². The van der Waals surface area contributed by atoms with Crippen molar-refractivity contribution in [2.45, 2.75) is 6.42 Å². The smallest absolute Gasteiger partial charge is 0.225 e. The molecule has 0 radical (unpaired) electrons. The van der Waals surface area contributed by atoms with Crippen LogP contribution in [0.1, 0.15) is 5.56 Å².